The predicted octanol–water partition coefficient (Wildman–Crippen LogP) is 6.92. The van der Waals surface area contributed by atoms with E-state index in [1.165, 1.54) is 17.1 Å². The largest absolute Gasteiger partial charge is 0.377 e. The summed E-state index contributed by atoms with van der Waals surface area (Å²) in [6, 6.07) is 38.4. The molecule has 0 bridgehead atoms. The van der Waals surface area contributed by atoms with Gasteiger partial charge >= 0.3 is 0 Å². The number of carbonyl (C=O) groups is 1. The molecule has 5 aromatic carbocycles. The highest BCUT2D eigenvalue weighted by atomic mass is 32.2. The van der Waals surface area contributed by atoms with E-state index in [2.05, 4.69) is 45.1 Å². The Morgan fingerprint density at radius 3 is 2.03 bits per heavy atom. The Balaban J connectivity index is 1.22. The van der Waals surface area contributed by atoms with E-state index in [4.69, 9.17) is 0 Å². The Labute approximate surface area is 224 Å². The lowest BCUT2D eigenvalue weighted by Gasteiger charge is -2.13. The Kier molecular flexibility index (Phi) is 6.74. The molecule has 2 N–H and O–H groups in total. The number of aromatic nitrogens is 3. The Bertz CT molecular complexity index is 1720. The van der Waals surface area contributed by atoms with E-state index in [0.717, 1.165) is 39.0 Å². The molecular formula is C31H25N5OS. The number of para-hydroxylation sites is 1. The fourth-order valence-electron chi connectivity index (χ4n) is 4.55. The van der Waals surface area contributed by atoms with Crippen molar-refractivity contribution in [3.8, 4) is 5.69 Å². The van der Waals surface area contributed by atoms with E-state index in [9.17, 15) is 4.79 Å². The Hall–Kier alpha value is -4.62. The van der Waals surface area contributed by atoms with Crippen LogP contribution in [0.5, 0.6) is 0 Å². The van der Waals surface area contributed by atoms with Crippen LogP contribution >= 0.6 is 11.8 Å². The molecule has 6 nitrogen and oxygen atoms in total. The number of nitrogens with zero attached hydrogens (tertiary/aromatic N) is 3. The number of thioether (sulfide) groups is 1. The zero-order valence-corrected chi connectivity index (χ0v) is 21.4. The summed E-state index contributed by atoms with van der Waals surface area (Å²) in [6.07, 6.45) is 0. The summed E-state index contributed by atoms with van der Waals surface area (Å²) in [5.74, 6) is 0.885. The standard InChI is InChI=1S/C31H25N5OS/c37-30(33-28-19-9-13-23-11-5-7-17-26(23)28)21-38-31-35-34-29(36(31)24-14-2-1-3-15-24)20-32-27-18-8-12-22-10-4-6-16-25(22)27/h1-19,32H,20-21H2,(H,33,37). The minimum absolute atomic E-state index is 0.0932. The maximum absolute atomic E-state index is 12.9. The van der Waals surface area contributed by atoms with Gasteiger partial charge in [-0.2, -0.15) is 0 Å². The first-order chi connectivity index (χ1) is 18.8. The predicted molar refractivity (Wildman–Crippen MR) is 156 cm³/mol. The summed E-state index contributed by atoms with van der Waals surface area (Å²) in [6.45, 7) is 0.485. The van der Waals surface area contributed by atoms with Crippen molar-refractivity contribution < 1.29 is 4.79 Å². The van der Waals surface area contributed by atoms with E-state index >= 15 is 0 Å². The van der Waals surface area contributed by atoms with E-state index < -0.39 is 0 Å². The van der Waals surface area contributed by atoms with E-state index in [0.29, 0.717) is 11.7 Å². The van der Waals surface area contributed by atoms with Gasteiger partial charge in [0.05, 0.1) is 12.3 Å². The lowest BCUT2D eigenvalue weighted by molar-refractivity contribution is -0.113. The molecule has 0 atom stereocenters. The molecular weight excluding hydrogens is 490 g/mol. The summed E-state index contributed by atoms with van der Waals surface area (Å²) in [4.78, 5) is 12.9. The van der Waals surface area contributed by atoms with Gasteiger partial charge in [0, 0.05) is 27.8 Å². The second kappa shape index (κ2) is 10.8. The number of hydrogen-bond acceptors (Lipinski definition) is 5. The number of carbonyl (C=O) groups excluding carboxylic acids is 1. The molecule has 0 spiro atoms. The van der Waals surface area contributed by atoms with Crippen molar-refractivity contribution in [3.05, 3.63) is 121 Å². The number of anilines is 2. The number of benzene rings is 5. The smallest absolute Gasteiger partial charge is 0.234 e. The van der Waals surface area contributed by atoms with Crippen LogP contribution in [0, 0.1) is 0 Å². The fourth-order valence-corrected chi connectivity index (χ4v) is 5.32. The third-order valence-corrected chi connectivity index (χ3v) is 7.27. The van der Waals surface area contributed by atoms with Crippen molar-refractivity contribution in [3.63, 3.8) is 0 Å². The maximum Gasteiger partial charge on any atom is 0.234 e. The topological polar surface area (TPSA) is 71.8 Å². The second-order valence-corrected chi connectivity index (χ2v) is 9.76. The average Bonchev–Trinajstić information content (AvgIpc) is 3.38. The number of nitrogens with one attached hydrogen (secondary N) is 2. The van der Waals surface area contributed by atoms with Gasteiger partial charge in [0.15, 0.2) is 11.0 Å². The maximum atomic E-state index is 12.9. The normalized spacial score (nSPS) is 11.1. The molecule has 0 saturated carbocycles. The molecule has 7 heteroatoms. The number of fused-ring (bicyclic) bond motifs is 2. The molecule has 6 rings (SSSR count). The Morgan fingerprint density at radius 1 is 0.684 bits per heavy atom. The van der Waals surface area contributed by atoms with Crippen LogP contribution in [0.4, 0.5) is 11.4 Å². The van der Waals surface area contributed by atoms with Gasteiger partial charge in [0.2, 0.25) is 5.91 Å². The second-order valence-electron chi connectivity index (χ2n) is 8.81. The van der Waals surface area contributed by atoms with Gasteiger partial charge in [0.1, 0.15) is 0 Å². The molecule has 0 aliphatic rings. The van der Waals surface area contributed by atoms with Gasteiger partial charge in [-0.05, 0) is 35.0 Å². The number of hydrogen-bond donors (Lipinski definition) is 2. The lowest BCUT2D eigenvalue weighted by Crippen LogP contribution is -2.15. The first-order valence-corrected chi connectivity index (χ1v) is 13.4. The summed E-state index contributed by atoms with van der Waals surface area (Å²) in [5, 5.41) is 20.6. The number of rotatable bonds is 8. The van der Waals surface area contributed by atoms with Crippen LogP contribution in [0.3, 0.4) is 0 Å². The molecule has 6 aromatic rings. The van der Waals surface area contributed by atoms with Crippen molar-refractivity contribution in [1.29, 1.82) is 0 Å². The monoisotopic (exact) mass is 515 g/mol. The van der Waals surface area contributed by atoms with Crippen molar-refractivity contribution in [1.82, 2.24) is 14.8 Å². The minimum Gasteiger partial charge on any atom is -0.377 e. The number of amides is 1. The van der Waals surface area contributed by atoms with E-state index in [1.807, 2.05) is 95.6 Å². The molecule has 0 radical (unpaired) electrons. The van der Waals surface area contributed by atoms with Crippen LogP contribution in [0.2, 0.25) is 0 Å². The van der Waals surface area contributed by atoms with Crippen molar-refractivity contribution in [2.75, 3.05) is 16.4 Å². The van der Waals surface area contributed by atoms with Gasteiger partial charge < -0.3 is 10.6 Å². The molecule has 38 heavy (non-hydrogen) atoms. The molecule has 0 saturated heterocycles. The van der Waals surface area contributed by atoms with Gasteiger partial charge in [-0.3, -0.25) is 9.36 Å². The van der Waals surface area contributed by atoms with Crippen LogP contribution < -0.4 is 10.6 Å². The van der Waals surface area contributed by atoms with E-state index in [-0.39, 0.29) is 11.7 Å². The summed E-state index contributed by atoms with van der Waals surface area (Å²) in [7, 11) is 0. The molecule has 0 aliphatic heterocycles. The molecule has 1 heterocycles. The summed E-state index contributed by atoms with van der Waals surface area (Å²) < 4.78 is 2.01. The first-order valence-electron chi connectivity index (χ1n) is 12.4. The van der Waals surface area contributed by atoms with Gasteiger partial charge in [-0.25, -0.2) is 0 Å². The highest BCUT2D eigenvalue weighted by molar-refractivity contribution is 7.99. The highest BCUT2D eigenvalue weighted by Crippen LogP contribution is 2.27. The molecule has 1 aromatic heterocycles. The lowest BCUT2D eigenvalue weighted by atomic mass is 10.1. The van der Waals surface area contributed by atoms with Gasteiger partial charge in [-0.15, -0.1) is 10.2 Å². The molecule has 0 aliphatic carbocycles. The molecule has 186 valence electrons. The van der Waals surface area contributed by atoms with Gasteiger partial charge in [-0.1, -0.05) is 103 Å². The van der Waals surface area contributed by atoms with Crippen LogP contribution in [0.1, 0.15) is 5.82 Å². The zero-order chi connectivity index (χ0) is 25.7. The van der Waals surface area contributed by atoms with E-state index in [1.54, 1.807) is 0 Å². The summed E-state index contributed by atoms with van der Waals surface area (Å²) in [5.41, 5.74) is 2.79. The summed E-state index contributed by atoms with van der Waals surface area (Å²) >= 11 is 1.37. The third-order valence-electron chi connectivity index (χ3n) is 6.34. The van der Waals surface area contributed by atoms with Crippen molar-refractivity contribution >= 4 is 50.6 Å². The molecule has 0 fully saturated rings. The van der Waals surface area contributed by atoms with Crippen LogP contribution in [0.25, 0.3) is 27.2 Å². The van der Waals surface area contributed by atoms with Crippen LogP contribution in [0.15, 0.2) is 120 Å². The molecule has 0 unspecified atom stereocenters. The minimum atomic E-state index is -0.0932. The van der Waals surface area contributed by atoms with Crippen molar-refractivity contribution in [2.24, 2.45) is 0 Å². The zero-order valence-electron chi connectivity index (χ0n) is 20.5. The average molecular weight is 516 g/mol. The fraction of sp³-hybridized carbons (Fsp3) is 0.0645. The Morgan fingerprint density at radius 2 is 1.29 bits per heavy atom. The van der Waals surface area contributed by atoms with Crippen LogP contribution in [-0.2, 0) is 11.3 Å². The molecule has 1 amide bonds. The van der Waals surface area contributed by atoms with Crippen LogP contribution in [-0.4, -0.2) is 26.4 Å². The highest BCUT2D eigenvalue weighted by Gasteiger charge is 2.16. The SMILES string of the molecule is O=C(CSc1nnc(CNc2cccc3ccccc23)n1-c1ccccc1)Nc1cccc2ccccc12. The van der Waals surface area contributed by atoms with Crippen molar-refractivity contribution in [2.45, 2.75) is 11.7 Å². The third kappa shape index (κ3) is 4.96. The first kappa shape index (κ1) is 23.8. The quantitative estimate of drug-likeness (QED) is 0.215. The van der Waals surface area contributed by atoms with Gasteiger partial charge in [0.25, 0.3) is 0 Å².